The maximum atomic E-state index is 12.8. The van der Waals surface area contributed by atoms with Crippen LogP contribution in [0.25, 0.3) is 0 Å². The average Bonchev–Trinajstić information content (AvgIpc) is 3.04. The van der Waals surface area contributed by atoms with Crippen LogP contribution in [-0.2, 0) is 9.59 Å². The monoisotopic (exact) mass is 520 g/mol. The van der Waals surface area contributed by atoms with E-state index in [0.29, 0.717) is 12.4 Å². The van der Waals surface area contributed by atoms with E-state index < -0.39 is 23.8 Å². The van der Waals surface area contributed by atoms with Crippen molar-refractivity contribution in [1.82, 2.24) is 10.2 Å². The van der Waals surface area contributed by atoms with Gasteiger partial charge in [-0.2, -0.15) is 0 Å². The molecule has 2 heterocycles. The highest BCUT2D eigenvalue weighted by molar-refractivity contribution is 9.09. The second-order valence-corrected chi connectivity index (χ2v) is 9.52. The number of nitrogens with zero attached hydrogens (tertiary/aromatic N) is 1. The number of rotatable bonds is 14. The maximum Gasteiger partial charge on any atom is 0.262 e. The van der Waals surface area contributed by atoms with Crippen LogP contribution in [0.3, 0.4) is 0 Å². The Hall–Kier alpha value is -2.22. The Morgan fingerprint density at radius 3 is 2.09 bits per heavy atom. The minimum absolute atomic E-state index is 0.107. The van der Waals surface area contributed by atoms with Gasteiger partial charge in [-0.15, -0.1) is 0 Å². The van der Waals surface area contributed by atoms with Crippen LogP contribution in [0.5, 0.6) is 5.75 Å². The minimum Gasteiger partial charge on any atom is -0.494 e. The molecule has 8 heteroatoms. The number of imide groups is 2. The lowest BCUT2D eigenvalue weighted by Gasteiger charge is -2.27. The van der Waals surface area contributed by atoms with Crippen LogP contribution in [0.4, 0.5) is 0 Å². The fraction of sp³-hybridized carbons (Fsp3) is 0.600. The first-order chi connectivity index (χ1) is 16.0. The van der Waals surface area contributed by atoms with Crippen molar-refractivity contribution in [2.24, 2.45) is 0 Å². The Bertz CT molecular complexity index is 872. The number of amides is 4. The van der Waals surface area contributed by atoms with Crippen LogP contribution in [0.15, 0.2) is 18.2 Å². The number of fused-ring (bicyclic) bond motifs is 1. The summed E-state index contributed by atoms with van der Waals surface area (Å²) in [4.78, 5) is 50.0. The van der Waals surface area contributed by atoms with Crippen molar-refractivity contribution in [3.63, 3.8) is 0 Å². The van der Waals surface area contributed by atoms with Gasteiger partial charge < -0.3 is 4.74 Å². The first kappa shape index (κ1) is 25.4. The molecule has 1 N–H and O–H groups in total. The summed E-state index contributed by atoms with van der Waals surface area (Å²) in [5.74, 6) is -1.46. The number of hydrogen-bond acceptors (Lipinski definition) is 5. The van der Waals surface area contributed by atoms with Crippen LogP contribution in [0.1, 0.15) is 97.8 Å². The van der Waals surface area contributed by atoms with Gasteiger partial charge in [-0.1, -0.05) is 67.3 Å². The number of carbonyl (C=O) groups is 4. The molecule has 0 bridgehead atoms. The first-order valence-electron chi connectivity index (χ1n) is 12.1. The summed E-state index contributed by atoms with van der Waals surface area (Å²) in [6, 6.07) is 3.90. The Labute approximate surface area is 203 Å². The van der Waals surface area contributed by atoms with Gasteiger partial charge in [0.15, 0.2) is 0 Å². The van der Waals surface area contributed by atoms with Gasteiger partial charge in [0, 0.05) is 11.8 Å². The first-order valence-corrected chi connectivity index (χ1v) is 13.2. The Kier molecular flexibility index (Phi) is 9.91. The van der Waals surface area contributed by atoms with Crippen molar-refractivity contribution in [3.8, 4) is 5.75 Å². The number of carbonyl (C=O) groups excluding carboxylic acids is 4. The third kappa shape index (κ3) is 6.88. The number of alkyl halides is 1. The average molecular weight is 521 g/mol. The van der Waals surface area contributed by atoms with Gasteiger partial charge in [0.25, 0.3) is 11.8 Å². The molecule has 1 aromatic carbocycles. The summed E-state index contributed by atoms with van der Waals surface area (Å²) >= 11 is 3.46. The zero-order valence-electron chi connectivity index (χ0n) is 19.1. The van der Waals surface area contributed by atoms with E-state index in [1.165, 1.54) is 51.4 Å². The Balaban J connectivity index is 1.38. The number of ether oxygens (including phenoxy) is 1. The zero-order chi connectivity index (χ0) is 23.6. The van der Waals surface area contributed by atoms with Crippen LogP contribution < -0.4 is 10.1 Å². The van der Waals surface area contributed by atoms with Crippen LogP contribution in [0, 0.1) is 0 Å². The topological polar surface area (TPSA) is 92.8 Å². The highest BCUT2D eigenvalue weighted by Crippen LogP contribution is 2.30. The van der Waals surface area contributed by atoms with Crippen molar-refractivity contribution in [3.05, 3.63) is 29.3 Å². The highest BCUT2D eigenvalue weighted by Gasteiger charge is 2.44. The lowest BCUT2D eigenvalue weighted by molar-refractivity contribution is -0.136. The third-order valence-corrected chi connectivity index (χ3v) is 6.77. The number of benzene rings is 1. The highest BCUT2D eigenvalue weighted by atomic mass is 79.9. The molecule has 33 heavy (non-hydrogen) atoms. The summed E-state index contributed by atoms with van der Waals surface area (Å²) in [7, 11) is 0. The molecule has 0 radical (unpaired) electrons. The summed E-state index contributed by atoms with van der Waals surface area (Å²) in [6.07, 6.45) is 12.6. The molecular formula is C25H33BrN2O5. The smallest absolute Gasteiger partial charge is 0.262 e. The molecule has 0 spiro atoms. The van der Waals surface area contributed by atoms with Crippen LogP contribution >= 0.6 is 15.9 Å². The van der Waals surface area contributed by atoms with Gasteiger partial charge in [0.2, 0.25) is 11.8 Å². The maximum absolute atomic E-state index is 12.8. The van der Waals surface area contributed by atoms with Crippen LogP contribution in [-0.4, -0.2) is 46.5 Å². The lowest BCUT2D eigenvalue weighted by atomic mass is 10.0. The largest absolute Gasteiger partial charge is 0.494 e. The van der Waals surface area contributed by atoms with Crippen molar-refractivity contribution in [2.45, 2.75) is 83.1 Å². The van der Waals surface area contributed by atoms with E-state index in [0.717, 1.165) is 23.1 Å². The number of nitrogens with one attached hydrogen (secondary N) is 1. The molecule has 1 aromatic rings. The quantitative estimate of drug-likeness (QED) is 0.217. The van der Waals surface area contributed by atoms with E-state index in [4.69, 9.17) is 4.74 Å². The standard InChI is InChI=1S/C25H33BrN2O5/c26-15-9-7-5-3-1-2-4-6-8-10-16-33-18-11-12-19-20(17-18)25(32)28(24(19)31)21-13-14-22(29)27-23(21)30/h11-12,17,21H,1-10,13-16H2,(H,27,29,30). The summed E-state index contributed by atoms with van der Waals surface area (Å²) in [6.45, 7) is 0.560. The molecule has 2 aliphatic heterocycles. The van der Waals surface area contributed by atoms with E-state index >= 15 is 0 Å². The van der Waals surface area contributed by atoms with Gasteiger partial charge in [0.05, 0.1) is 17.7 Å². The summed E-state index contributed by atoms with van der Waals surface area (Å²) < 4.78 is 5.80. The molecule has 1 fully saturated rings. The van der Waals surface area contributed by atoms with Gasteiger partial charge in [0.1, 0.15) is 11.8 Å². The fourth-order valence-corrected chi connectivity index (χ4v) is 4.74. The third-order valence-electron chi connectivity index (χ3n) is 6.21. The molecule has 180 valence electrons. The molecule has 3 rings (SSSR count). The van der Waals surface area contributed by atoms with Crippen LogP contribution in [0.2, 0.25) is 0 Å². The SMILES string of the molecule is O=C1CCC(N2C(=O)c3ccc(OCCCCCCCCCCCCBr)cc3C2=O)C(=O)N1. The van der Waals surface area contributed by atoms with E-state index in [-0.39, 0.29) is 29.9 Å². The molecule has 0 aromatic heterocycles. The predicted octanol–water partition coefficient (Wildman–Crippen LogP) is 4.76. The molecule has 0 aliphatic carbocycles. The summed E-state index contributed by atoms with van der Waals surface area (Å²) in [5, 5.41) is 3.31. The predicted molar refractivity (Wildman–Crippen MR) is 129 cm³/mol. The van der Waals surface area contributed by atoms with Gasteiger partial charge in [-0.05, 0) is 37.5 Å². The number of halogens is 1. The molecule has 0 saturated carbocycles. The lowest BCUT2D eigenvalue weighted by Crippen LogP contribution is -2.54. The van der Waals surface area contributed by atoms with Gasteiger partial charge in [-0.25, -0.2) is 0 Å². The van der Waals surface area contributed by atoms with E-state index in [1.807, 2.05) is 0 Å². The molecule has 1 unspecified atom stereocenters. The second-order valence-electron chi connectivity index (χ2n) is 8.73. The molecule has 1 atom stereocenters. The van der Waals surface area contributed by atoms with Crippen molar-refractivity contribution in [1.29, 1.82) is 0 Å². The molecule has 7 nitrogen and oxygen atoms in total. The fourth-order valence-electron chi connectivity index (χ4n) is 4.34. The second kappa shape index (κ2) is 12.9. The molecule has 2 aliphatic rings. The number of piperidine rings is 1. The minimum atomic E-state index is -0.950. The van der Waals surface area contributed by atoms with Gasteiger partial charge >= 0.3 is 0 Å². The van der Waals surface area contributed by atoms with Crippen molar-refractivity contribution in [2.75, 3.05) is 11.9 Å². The molecular weight excluding hydrogens is 488 g/mol. The number of hydrogen-bond donors (Lipinski definition) is 1. The molecule has 4 amide bonds. The van der Waals surface area contributed by atoms with E-state index in [1.54, 1.807) is 18.2 Å². The zero-order valence-corrected chi connectivity index (χ0v) is 20.7. The van der Waals surface area contributed by atoms with Crippen molar-refractivity contribution < 1.29 is 23.9 Å². The van der Waals surface area contributed by atoms with Gasteiger partial charge in [-0.3, -0.25) is 29.4 Å². The van der Waals surface area contributed by atoms with E-state index in [9.17, 15) is 19.2 Å². The van der Waals surface area contributed by atoms with Crippen molar-refractivity contribution >= 4 is 39.6 Å². The normalized spacial score (nSPS) is 18.0. The number of unbranched alkanes of at least 4 members (excludes halogenated alkanes) is 9. The summed E-state index contributed by atoms with van der Waals surface area (Å²) in [5.41, 5.74) is 0.516. The van der Waals surface area contributed by atoms with E-state index in [2.05, 4.69) is 21.2 Å². The molecule has 1 saturated heterocycles. The Morgan fingerprint density at radius 2 is 1.45 bits per heavy atom. The Morgan fingerprint density at radius 1 is 0.848 bits per heavy atom.